The molecule has 2 bridgehead atoms. The molecule has 7 nitrogen and oxygen atoms in total. The van der Waals surface area contributed by atoms with Gasteiger partial charge in [-0.3, -0.25) is 9.48 Å². The molecule has 2 aliphatic rings. The molecule has 5 heterocycles. The quantitative estimate of drug-likeness (QED) is 0.697. The summed E-state index contributed by atoms with van der Waals surface area (Å²) >= 11 is 0. The van der Waals surface area contributed by atoms with E-state index in [1.54, 1.807) is 12.3 Å². The van der Waals surface area contributed by atoms with E-state index in [4.69, 9.17) is 4.98 Å². The Morgan fingerprint density at radius 3 is 2.85 bits per heavy atom. The van der Waals surface area contributed by atoms with Gasteiger partial charge in [0.05, 0.1) is 11.4 Å². The van der Waals surface area contributed by atoms with Crippen LogP contribution in [0.2, 0.25) is 0 Å². The summed E-state index contributed by atoms with van der Waals surface area (Å²) in [5.41, 5.74) is 4.21. The average molecular weight is 362 g/mol. The normalized spacial score (nSPS) is 21.2. The molecule has 0 N–H and O–H groups in total. The highest BCUT2D eigenvalue weighted by Gasteiger charge is 2.35. The van der Waals surface area contributed by atoms with Gasteiger partial charge in [-0.05, 0) is 37.0 Å². The van der Waals surface area contributed by atoms with Gasteiger partial charge in [-0.2, -0.15) is 5.10 Å². The number of hydrogen-bond acceptors (Lipinski definition) is 5. The van der Waals surface area contributed by atoms with Gasteiger partial charge >= 0.3 is 0 Å². The molecule has 3 aromatic rings. The molecule has 1 fully saturated rings. The third kappa shape index (κ3) is 2.65. The van der Waals surface area contributed by atoms with E-state index in [-0.39, 0.29) is 5.56 Å². The van der Waals surface area contributed by atoms with Gasteiger partial charge in [0.25, 0.3) is 5.56 Å². The van der Waals surface area contributed by atoms with E-state index in [0.717, 1.165) is 54.6 Å². The fourth-order valence-electron chi connectivity index (χ4n) is 4.51. The van der Waals surface area contributed by atoms with Crippen LogP contribution in [0.1, 0.15) is 23.6 Å². The SMILES string of the molecule is Cc1cnc(N2CC3CC(C2)c2cccc(=O)n2C3)nc1-c1ccnn1C. The van der Waals surface area contributed by atoms with E-state index in [2.05, 4.69) is 21.0 Å². The van der Waals surface area contributed by atoms with E-state index in [1.165, 1.54) is 0 Å². The van der Waals surface area contributed by atoms with E-state index in [0.29, 0.717) is 11.8 Å². The number of fused-ring (bicyclic) bond motifs is 4. The van der Waals surface area contributed by atoms with Crippen LogP contribution in [0.4, 0.5) is 5.95 Å². The molecule has 0 aromatic carbocycles. The van der Waals surface area contributed by atoms with Gasteiger partial charge in [0, 0.05) is 56.8 Å². The van der Waals surface area contributed by atoms with Crippen molar-refractivity contribution >= 4 is 5.95 Å². The Kier molecular flexibility index (Phi) is 3.63. The minimum atomic E-state index is 0.112. The van der Waals surface area contributed by atoms with Crippen LogP contribution in [0.3, 0.4) is 0 Å². The molecule has 0 radical (unpaired) electrons. The maximum absolute atomic E-state index is 12.2. The van der Waals surface area contributed by atoms with Crippen LogP contribution < -0.4 is 10.5 Å². The van der Waals surface area contributed by atoms with E-state index in [1.807, 2.05) is 41.5 Å². The lowest BCUT2D eigenvalue weighted by atomic mass is 9.83. The van der Waals surface area contributed by atoms with Crippen molar-refractivity contribution in [3.8, 4) is 11.4 Å². The van der Waals surface area contributed by atoms with Gasteiger partial charge in [-0.15, -0.1) is 0 Å². The van der Waals surface area contributed by atoms with Crippen molar-refractivity contribution in [3.63, 3.8) is 0 Å². The molecule has 1 saturated heterocycles. The molecular formula is C20H22N6O. The highest BCUT2D eigenvalue weighted by Crippen LogP contribution is 2.36. The second kappa shape index (κ2) is 6.04. The van der Waals surface area contributed by atoms with E-state index >= 15 is 0 Å². The Morgan fingerprint density at radius 1 is 1.15 bits per heavy atom. The number of hydrogen-bond donors (Lipinski definition) is 0. The number of piperidine rings is 1. The molecule has 138 valence electrons. The molecule has 7 heteroatoms. The van der Waals surface area contributed by atoms with Crippen LogP contribution in [-0.4, -0.2) is 37.4 Å². The van der Waals surface area contributed by atoms with Gasteiger partial charge < -0.3 is 9.47 Å². The zero-order valence-corrected chi connectivity index (χ0v) is 15.5. The van der Waals surface area contributed by atoms with Crippen LogP contribution in [0.15, 0.2) is 41.5 Å². The highest BCUT2D eigenvalue weighted by molar-refractivity contribution is 5.60. The molecule has 0 saturated carbocycles. The van der Waals surface area contributed by atoms with E-state index < -0.39 is 0 Å². The predicted molar refractivity (Wildman–Crippen MR) is 103 cm³/mol. The molecule has 0 aliphatic carbocycles. The third-order valence-corrected chi connectivity index (χ3v) is 5.79. The first-order chi connectivity index (χ1) is 13.1. The highest BCUT2D eigenvalue weighted by atomic mass is 16.1. The lowest BCUT2D eigenvalue weighted by molar-refractivity contribution is 0.279. The molecule has 2 atom stereocenters. The van der Waals surface area contributed by atoms with Crippen LogP contribution in [0.25, 0.3) is 11.4 Å². The first kappa shape index (κ1) is 16.2. The van der Waals surface area contributed by atoms with Gasteiger partial charge in [-0.1, -0.05) is 6.07 Å². The van der Waals surface area contributed by atoms with Crippen molar-refractivity contribution in [1.82, 2.24) is 24.3 Å². The van der Waals surface area contributed by atoms with Crippen molar-refractivity contribution in [1.29, 1.82) is 0 Å². The Hall–Kier alpha value is -2.96. The summed E-state index contributed by atoms with van der Waals surface area (Å²) in [6.45, 7) is 4.53. The Labute approximate surface area is 157 Å². The van der Waals surface area contributed by atoms with E-state index in [9.17, 15) is 4.79 Å². The zero-order valence-electron chi connectivity index (χ0n) is 15.5. The molecular weight excluding hydrogens is 340 g/mol. The van der Waals surface area contributed by atoms with Crippen LogP contribution in [-0.2, 0) is 13.6 Å². The largest absolute Gasteiger partial charge is 0.340 e. The molecule has 2 aliphatic heterocycles. The molecule has 2 unspecified atom stereocenters. The fraction of sp³-hybridized carbons (Fsp3) is 0.400. The molecule has 27 heavy (non-hydrogen) atoms. The van der Waals surface area contributed by atoms with Crippen molar-refractivity contribution in [2.24, 2.45) is 13.0 Å². The first-order valence-electron chi connectivity index (χ1n) is 9.37. The molecule has 0 amide bonds. The number of aromatic nitrogens is 5. The number of rotatable bonds is 2. The van der Waals surface area contributed by atoms with Crippen LogP contribution in [0, 0.1) is 12.8 Å². The summed E-state index contributed by atoms with van der Waals surface area (Å²) in [6, 6.07) is 7.59. The second-order valence-electron chi connectivity index (χ2n) is 7.64. The van der Waals surface area contributed by atoms with Crippen molar-refractivity contribution in [3.05, 3.63) is 58.3 Å². The maximum atomic E-state index is 12.2. The smallest absolute Gasteiger partial charge is 0.250 e. The van der Waals surface area contributed by atoms with Gasteiger partial charge in [0.1, 0.15) is 0 Å². The summed E-state index contributed by atoms with van der Waals surface area (Å²) in [4.78, 5) is 24.0. The lowest BCUT2D eigenvalue weighted by Gasteiger charge is -2.42. The molecule has 5 rings (SSSR count). The number of pyridine rings is 1. The van der Waals surface area contributed by atoms with Gasteiger partial charge in [-0.25, -0.2) is 9.97 Å². The Morgan fingerprint density at radius 2 is 2.04 bits per heavy atom. The molecule has 3 aromatic heterocycles. The number of aryl methyl sites for hydroxylation is 2. The number of nitrogens with zero attached hydrogens (tertiary/aromatic N) is 6. The third-order valence-electron chi connectivity index (χ3n) is 5.79. The van der Waals surface area contributed by atoms with Crippen molar-refractivity contribution in [2.45, 2.75) is 25.8 Å². The zero-order chi connectivity index (χ0) is 18.5. The van der Waals surface area contributed by atoms with Gasteiger partial charge in [0.2, 0.25) is 5.95 Å². The summed E-state index contributed by atoms with van der Waals surface area (Å²) in [6.07, 6.45) is 4.81. The summed E-state index contributed by atoms with van der Waals surface area (Å²) < 4.78 is 3.79. The number of anilines is 1. The Balaban J connectivity index is 1.51. The van der Waals surface area contributed by atoms with Crippen molar-refractivity contribution < 1.29 is 0 Å². The molecule has 0 spiro atoms. The van der Waals surface area contributed by atoms with Crippen LogP contribution >= 0.6 is 0 Å². The second-order valence-corrected chi connectivity index (χ2v) is 7.64. The van der Waals surface area contributed by atoms with Crippen molar-refractivity contribution in [2.75, 3.05) is 18.0 Å². The average Bonchev–Trinajstić information content (AvgIpc) is 3.09. The fourth-order valence-corrected chi connectivity index (χ4v) is 4.51. The predicted octanol–water partition coefficient (Wildman–Crippen LogP) is 1.97. The Bertz CT molecular complexity index is 1070. The maximum Gasteiger partial charge on any atom is 0.250 e. The monoisotopic (exact) mass is 362 g/mol. The topological polar surface area (TPSA) is 68.8 Å². The summed E-state index contributed by atoms with van der Waals surface area (Å²) in [5, 5.41) is 4.27. The minimum absolute atomic E-state index is 0.112. The summed E-state index contributed by atoms with van der Waals surface area (Å²) in [5.74, 6) is 1.55. The first-order valence-corrected chi connectivity index (χ1v) is 9.37. The summed E-state index contributed by atoms with van der Waals surface area (Å²) in [7, 11) is 1.93. The van der Waals surface area contributed by atoms with Gasteiger partial charge in [0.15, 0.2) is 0 Å². The lowest BCUT2D eigenvalue weighted by Crippen LogP contribution is -2.47. The standard InChI is InChI=1S/C20H22N6O/c1-13-9-21-20(23-19(13)17-6-7-22-24(17)2)25-10-14-8-15(12-25)16-4-3-5-18(27)26(16)11-14/h3-7,9,14-15H,8,10-12H2,1-2H3. The minimum Gasteiger partial charge on any atom is -0.340 e. The van der Waals surface area contributed by atoms with Crippen LogP contribution in [0.5, 0.6) is 0 Å².